The summed E-state index contributed by atoms with van der Waals surface area (Å²) in [4.78, 5) is 0. The van der Waals surface area contributed by atoms with Crippen LogP contribution in [0, 0.1) is 0 Å². The smallest absolute Gasteiger partial charge is 0.197 e. The Morgan fingerprint density at radius 3 is 3.00 bits per heavy atom. The molecule has 4 heteroatoms. The van der Waals surface area contributed by atoms with E-state index in [1.807, 2.05) is 0 Å². The molecule has 1 rings (SSSR count). The fraction of sp³-hybridized carbons (Fsp3) is 0.429. The van der Waals surface area contributed by atoms with Gasteiger partial charge in [0.25, 0.3) is 0 Å². The van der Waals surface area contributed by atoms with Gasteiger partial charge in [0, 0.05) is 12.7 Å². The summed E-state index contributed by atoms with van der Waals surface area (Å²) in [5, 5.41) is 0.342. The summed E-state index contributed by atoms with van der Waals surface area (Å²) in [7, 11) is 1.59. The molecule has 0 spiro atoms. The second-order valence-electron chi connectivity index (χ2n) is 2.21. The van der Waals surface area contributed by atoms with Crippen molar-refractivity contribution >= 4 is 11.6 Å². The zero-order chi connectivity index (χ0) is 8.27. The topological polar surface area (TPSA) is 48.4 Å². The molecule has 1 atom stereocenters. The number of hydrogen-bond donors (Lipinski definition) is 1. The minimum atomic E-state index is -0.203. The summed E-state index contributed by atoms with van der Waals surface area (Å²) in [6, 6.07) is 1.54. The van der Waals surface area contributed by atoms with Crippen molar-refractivity contribution in [3.63, 3.8) is 0 Å². The average molecular weight is 176 g/mol. The van der Waals surface area contributed by atoms with Gasteiger partial charge in [0.15, 0.2) is 5.22 Å². The van der Waals surface area contributed by atoms with Crippen molar-refractivity contribution in [2.45, 2.75) is 6.04 Å². The molecule has 2 N–H and O–H groups in total. The van der Waals surface area contributed by atoms with Gasteiger partial charge in [-0.2, -0.15) is 0 Å². The number of halogens is 1. The van der Waals surface area contributed by atoms with E-state index in [0.717, 1.165) is 5.56 Å². The summed E-state index contributed by atoms with van der Waals surface area (Å²) >= 11 is 5.67. The molecule has 0 aliphatic heterocycles. The lowest BCUT2D eigenvalue weighted by atomic mass is 10.2. The number of methoxy groups -OCH3 is 1. The van der Waals surface area contributed by atoms with Crippen LogP contribution in [-0.4, -0.2) is 13.7 Å². The molecule has 0 amide bonds. The fourth-order valence-electron chi connectivity index (χ4n) is 0.839. The van der Waals surface area contributed by atoms with Gasteiger partial charge in [-0.15, -0.1) is 0 Å². The number of rotatable bonds is 3. The van der Waals surface area contributed by atoms with E-state index in [9.17, 15) is 0 Å². The quantitative estimate of drug-likeness (QED) is 0.759. The molecule has 0 radical (unpaired) electrons. The van der Waals surface area contributed by atoms with Crippen LogP contribution in [0.25, 0.3) is 0 Å². The first kappa shape index (κ1) is 8.59. The predicted octanol–water partition coefficient (Wildman–Crippen LogP) is 1.58. The Kier molecular flexibility index (Phi) is 2.93. The lowest BCUT2D eigenvalue weighted by molar-refractivity contribution is 0.180. The molecule has 0 bridgehead atoms. The second-order valence-corrected chi connectivity index (χ2v) is 2.55. The first-order valence-electron chi connectivity index (χ1n) is 3.23. The maximum absolute atomic E-state index is 5.68. The van der Waals surface area contributed by atoms with Gasteiger partial charge in [0.2, 0.25) is 0 Å². The number of ether oxygens (including phenoxy) is 1. The molecule has 1 aromatic heterocycles. The van der Waals surface area contributed by atoms with Gasteiger partial charge in [-0.25, -0.2) is 0 Å². The van der Waals surface area contributed by atoms with Gasteiger partial charge in [-0.3, -0.25) is 0 Å². The Hall–Kier alpha value is -0.510. The molecule has 0 saturated carbocycles. The van der Waals surface area contributed by atoms with E-state index in [0.29, 0.717) is 11.8 Å². The molecule has 0 aromatic carbocycles. The van der Waals surface area contributed by atoms with Gasteiger partial charge in [0.1, 0.15) is 0 Å². The van der Waals surface area contributed by atoms with Crippen molar-refractivity contribution in [2.24, 2.45) is 5.73 Å². The molecule has 1 heterocycles. The molecule has 3 nitrogen and oxygen atoms in total. The number of nitrogens with two attached hydrogens (primary N) is 1. The number of hydrogen-bond acceptors (Lipinski definition) is 3. The van der Waals surface area contributed by atoms with Crippen LogP contribution in [0.5, 0.6) is 0 Å². The van der Waals surface area contributed by atoms with Gasteiger partial charge >= 0.3 is 0 Å². The van der Waals surface area contributed by atoms with Gasteiger partial charge in [-0.1, -0.05) is 0 Å². The third-order valence-electron chi connectivity index (χ3n) is 1.39. The first-order chi connectivity index (χ1) is 5.25. The summed E-state index contributed by atoms with van der Waals surface area (Å²) in [6.45, 7) is 0.444. The lowest BCUT2D eigenvalue weighted by Gasteiger charge is -2.07. The zero-order valence-corrected chi connectivity index (χ0v) is 6.97. The Morgan fingerprint density at radius 1 is 1.82 bits per heavy atom. The molecular weight excluding hydrogens is 166 g/mol. The van der Waals surface area contributed by atoms with Crippen LogP contribution in [0.3, 0.4) is 0 Å². The summed E-state index contributed by atoms with van der Waals surface area (Å²) in [5.41, 5.74) is 6.47. The molecule has 0 saturated heterocycles. The van der Waals surface area contributed by atoms with Gasteiger partial charge in [0.05, 0.1) is 18.9 Å². The fourth-order valence-corrected chi connectivity index (χ4v) is 1.09. The second kappa shape index (κ2) is 3.76. The maximum Gasteiger partial charge on any atom is 0.197 e. The van der Waals surface area contributed by atoms with E-state index in [-0.39, 0.29) is 6.04 Å². The van der Waals surface area contributed by atoms with E-state index in [1.54, 1.807) is 13.2 Å². The van der Waals surface area contributed by atoms with E-state index in [4.69, 9.17) is 26.5 Å². The molecule has 1 unspecified atom stereocenters. The van der Waals surface area contributed by atoms with Crippen molar-refractivity contribution in [3.8, 4) is 0 Å². The normalized spacial score (nSPS) is 13.4. The Morgan fingerprint density at radius 2 is 2.55 bits per heavy atom. The van der Waals surface area contributed by atoms with Crippen LogP contribution >= 0.6 is 11.6 Å². The Balaban J connectivity index is 2.67. The van der Waals surface area contributed by atoms with E-state index in [2.05, 4.69) is 0 Å². The minimum Gasteiger partial charge on any atom is -0.453 e. The van der Waals surface area contributed by atoms with Crippen LogP contribution in [0.4, 0.5) is 0 Å². The summed E-state index contributed by atoms with van der Waals surface area (Å²) in [6.07, 6.45) is 1.51. The number of furan rings is 1. The zero-order valence-electron chi connectivity index (χ0n) is 6.21. The van der Waals surface area contributed by atoms with E-state index in [1.165, 1.54) is 6.26 Å². The van der Waals surface area contributed by atoms with Crippen molar-refractivity contribution in [1.29, 1.82) is 0 Å². The summed E-state index contributed by atoms with van der Waals surface area (Å²) < 4.78 is 9.72. The highest BCUT2D eigenvalue weighted by Gasteiger charge is 2.11. The Labute approximate surface area is 70.1 Å². The van der Waals surface area contributed by atoms with Crippen LogP contribution in [0.2, 0.25) is 5.22 Å². The van der Waals surface area contributed by atoms with E-state index >= 15 is 0 Å². The molecule has 0 fully saturated rings. The maximum atomic E-state index is 5.68. The Bertz CT molecular complexity index is 224. The third kappa shape index (κ3) is 1.96. The summed E-state index contributed by atoms with van der Waals surface area (Å²) in [5.74, 6) is 0. The largest absolute Gasteiger partial charge is 0.453 e. The molecule has 0 aliphatic rings. The van der Waals surface area contributed by atoms with Crippen molar-refractivity contribution in [3.05, 3.63) is 23.1 Å². The highest BCUT2D eigenvalue weighted by molar-refractivity contribution is 6.29. The standard InChI is InChI=1S/C7H10ClNO2/c1-10-4-6(9)5-2-3-11-7(5)8/h2-3,6H,4,9H2,1H3. The highest BCUT2D eigenvalue weighted by Crippen LogP contribution is 2.22. The van der Waals surface area contributed by atoms with E-state index < -0.39 is 0 Å². The monoisotopic (exact) mass is 175 g/mol. The van der Waals surface area contributed by atoms with Crippen molar-refractivity contribution < 1.29 is 9.15 Å². The lowest BCUT2D eigenvalue weighted by Crippen LogP contribution is -2.15. The van der Waals surface area contributed by atoms with Gasteiger partial charge in [-0.05, 0) is 17.7 Å². The minimum absolute atomic E-state index is 0.203. The molecule has 11 heavy (non-hydrogen) atoms. The highest BCUT2D eigenvalue weighted by atomic mass is 35.5. The van der Waals surface area contributed by atoms with Crippen molar-refractivity contribution in [2.75, 3.05) is 13.7 Å². The van der Waals surface area contributed by atoms with Crippen LogP contribution in [0.1, 0.15) is 11.6 Å². The van der Waals surface area contributed by atoms with Crippen LogP contribution in [-0.2, 0) is 4.74 Å². The first-order valence-corrected chi connectivity index (χ1v) is 3.61. The molecule has 0 aliphatic carbocycles. The SMILES string of the molecule is COCC(N)c1ccoc1Cl. The third-order valence-corrected chi connectivity index (χ3v) is 1.70. The molecule has 1 aromatic rings. The average Bonchev–Trinajstić information content (AvgIpc) is 2.36. The predicted molar refractivity (Wildman–Crippen MR) is 42.5 cm³/mol. The van der Waals surface area contributed by atoms with Gasteiger partial charge < -0.3 is 14.9 Å². The van der Waals surface area contributed by atoms with Crippen LogP contribution < -0.4 is 5.73 Å². The van der Waals surface area contributed by atoms with Crippen molar-refractivity contribution in [1.82, 2.24) is 0 Å². The molecule has 62 valence electrons. The van der Waals surface area contributed by atoms with Crippen LogP contribution in [0.15, 0.2) is 16.7 Å². The molecular formula is C7H10ClNO2.